The summed E-state index contributed by atoms with van der Waals surface area (Å²) in [5, 5.41) is 3.70. The van der Waals surface area contributed by atoms with Crippen LogP contribution < -0.4 is 10.1 Å². The minimum Gasteiger partial charge on any atom is -0.490 e. The van der Waals surface area contributed by atoms with Crippen molar-refractivity contribution in [3.05, 3.63) is 40.7 Å². The van der Waals surface area contributed by atoms with Gasteiger partial charge in [-0.15, -0.1) is 11.3 Å². The molecule has 0 radical (unpaired) electrons. The van der Waals surface area contributed by atoms with Gasteiger partial charge in [-0.2, -0.15) is 0 Å². The van der Waals surface area contributed by atoms with Gasteiger partial charge in [0.25, 0.3) is 0 Å². The lowest BCUT2D eigenvalue weighted by molar-refractivity contribution is -0.117. The van der Waals surface area contributed by atoms with Crippen molar-refractivity contribution in [3.63, 3.8) is 0 Å². The molecule has 1 amide bonds. The Balaban J connectivity index is 1.22. The van der Waals surface area contributed by atoms with Gasteiger partial charge in [-0.05, 0) is 62.8 Å². The zero-order valence-electron chi connectivity index (χ0n) is 15.2. The van der Waals surface area contributed by atoms with Gasteiger partial charge in [0.2, 0.25) is 5.91 Å². The third-order valence-corrected chi connectivity index (χ3v) is 6.18. The van der Waals surface area contributed by atoms with Crippen LogP contribution in [0.15, 0.2) is 24.3 Å². The molecule has 1 fully saturated rings. The van der Waals surface area contributed by atoms with E-state index in [-0.39, 0.29) is 17.8 Å². The first-order valence-corrected chi connectivity index (χ1v) is 10.4. The quantitative estimate of drug-likeness (QED) is 0.848. The maximum atomic E-state index is 13.0. The number of carbonyl (C=O) groups is 1. The van der Waals surface area contributed by atoms with E-state index in [9.17, 15) is 9.18 Å². The molecule has 5 nitrogen and oxygen atoms in total. The molecular weight excluding hydrogens is 365 g/mol. The maximum Gasteiger partial charge on any atom is 0.240 e. The Bertz CT molecular complexity index is 762. The third kappa shape index (κ3) is 4.84. The number of piperidine rings is 1. The van der Waals surface area contributed by atoms with E-state index >= 15 is 0 Å². The van der Waals surface area contributed by atoms with Crippen LogP contribution in [0.3, 0.4) is 0 Å². The van der Waals surface area contributed by atoms with Crippen molar-refractivity contribution in [2.75, 3.05) is 25.0 Å². The number of carbonyl (C=O) groups excluding carboxylic acids is 1. The summed E-state index contributed by atoms with van der Waals surface area (Å²) in [5.41, 5.74) is 1.17. The topological polar surface area (TPSA) is 54.5 Å². The van der Waals surface area contributed by atoms with E-state index in [0.29, 0.717) is 12.3 Å². The van der Waals surface area contributed by atoms with E-state index in [2.05, 4.69) is 15.2 Å². The maximum absolute atomic E-state index is 13.0. The van der Waals surface area contributed by atoms with E-state index in [0.717, 1.165) is 43.9 Å². The molecule has 4 rings (SSSR count). The van der Waals surface area contributed by atoms with Crippen LogP contribution in [0.4, 0.5) is 9.52 Å². The summed E-state index contributed by atoms with van der Waals surface area (Å²) in [7, 11) is 0. The number of ether oxygens (including phenoxy) is 1. The number of hydrogen-bond donors (Lipinski definition) is 1. The number of thiazole rings is 1. The van der Waals surface area contributed by atoms with Crippen molar-refractivity contribution in [2.24, 2.45) is 0 Å². The molecule has 0 unspecified atom stereocenters. The van der Waals surface area contributed by atoms with Crippen LogP contribution in [-0.4, -0.2) is 41.5 Å². The van der Waals surface area contributed by atoms with Crippen LogP contribution in [0.1, 0.15) is 36.3 Å². The lowest BCUT2D eigenvalue weighted by Gasteiger charge is -2.31. The zero-order chi connectivity index (χ0) is 18.6. The third-order valence-electron chi connectivity index (χ3n) is 5.11. The molecule has 1 saturated heterocycles. The molecule has 0 saturated carbocycles. The smallest absolute Gasteiger partial charge is 0.240 e. The van der Waals surface area contributed by atoms with Gasteiger partial charge in [0.15, 0.2) is 5.13 Å². The number of fused-ring (bicyclic) bond motifs is 1. The highest BCUT2D eigenvalue weighted by atomic mass is 32.1. The fraction of sp³-hybridized carbons (Fsp3) is 0.500. The summed E-state index contributed by atoms with van der Waals surface area (Å²) in [6.07, 6.45) is 6.36. The van der Waals surface area contributed by atoms with Crippen LogP contribution >= 0.6 is 11.3 Å². The second kappa shape index (κ2) is 8.35. The Hall–Kier alpha value is -1.99. The number of aryl methyl sites for hydroxylation is 2. The lowest BCUT2D eigenvalue weighted by atomic mass is 10.0. The Kier molecular flexibility index (Phi) is 5.69. The van der Waals surface area contributed by atoms with Crippen molar-refractivity contribution in [3.8, 4) is 5.75 Å². The standard InChI is InChI=1S/C20H24FN3O2S/c21-14-5-7-15(8-6-14)26-16-9-11-24(12-10-16)13-19(25)23-20-22-17-3-1-2-4-18(17)27-20/h5-8,16H,1-4,9-13H2,(H,22,23,25). The van der Waals surface area contributed by atoms with Crippen LogP contribution in [-0.2, 0) is 17.6 Å². The fourth-order valence-corrected chi connectivity index (χ4v) is 4.72. The van der Waals surface area contributed by atoms with Crippen molar-refractivity contribution in [1.29, 1.82) is 0 Å². The van der Waals surface area contributed by atoms with E-state index in [1.54, 1.807) is 23.5 Å². The Morgan fingerprint density at radius 2 is 1.96 bits per heavy atom. The number of halogens is 1. The average molecular weight is 389 g/mol. The number of anilines is 1. The number of rotatable bonds is 5. The first kappa shape index (κ1) is 18.4. The SMILES string of the molecule is O=C(CN1CCC(Oc2ccc(F)cc2)CC1)Nc1nc2c(s1)CCCC2. The van der Waals surface area contributed by atoms with E-state index in [1.165, 1.54) is 35.5 Å². The van der Waals surface area contributed by atoms with Gasteiger partial charge >= 0.3 is 0 Å². The number of nitrogens with one attached hydrogen (secondary N) is 1. The van der Waals surface area contributed by atoms with Gasteiger partial charge < -0.3 is 10.1 Å². The Labute approximate surface area is 162 Å². The number of likely N-dealkylation sites (tertiary alicyclic amines) is 1. The van der Waals surface area contributed by atoms with Crippen LogP contribution in [0.25, 0.3) is 0 Å². The molecule has 144 valence electrons. The van der Waals surface area contributed by atoms with E-state index in [1.807, 2.05) is 0 Å². The largest absolute Gasteiger partial charge is 0.490 e. The number of aromatic nitrogens is 1. The minimum absolute atomic E-state index is 0.000926. The highest BCUT2D eigenvalue weighted by Crippen LogP contribution is 2.29. The second-order valence-electron chi connectivity index (χ2n) is 7.19. The monoisotopic (exact) mass is 389 g/mol. The van der Waals surface area contributed by atoms with Gasteiger partial charge in [-0.25, -0.2) is 9.37 Å². The second-order valence-corrected chi connectivity index (χ2v) is 8.28. The molecule has 1 aromatic carbocycles. The Morgan fingerprint density at radius 3 is 2.70 bits per heavy atom. The molecule has 0 bridgehead atoms. The molecular formula is C20H24FN3O2S. The summed E-state index contributed by atoms with van der Waals surface area (Å²) in [4.78, 5) is 20.4. The Morgan fingerprint density at radius 1 is 1.22 bits per heavy atom. The fourth-order valence-electron chi connectivity index (χ4n) is 3.66. The predicted octanol–water partition coefficient (Wildman–Crippen LogP) is 3.64. The summed E-state index contributed by atoms with van der Waals surface area (Å²) < 4.78 is 18.9. The summed E-state index contributed by atoms with van der Waals surface area (Å²) >= 11 is 1.62. The summed E-state index contributed by atoms with van der Waals surface area (Å²) in [6.45, 7) is 2.01. The molecule has 2 heterocycles. The molecule has 1 N–H and O–H groups in total. The predicted molar refractivity (Wildman–Crippen MR) is 104 cm³/mol. The molecule has 0 atom stereocenters. The number of nitrogens with zero attached hydrogens (tertiary/aromatic N) is 2. The molecule has 1 aromatic heterocycles. The van der Waals surface area contributed by atoms with E-state index in [4.69, 9.17) is 4.74 Å². The minimum atomic E-state index is -0.260. The summed E-state index contributed by atoms with van der Waals surface area (Å²) in [6, 6.07) is 6.13. The molecule has 7 heteroatoms. The van der Waals surface area contributed by atoms with Crippen molar-refractivity contribution in [1.82, 2.24) is 9.88 Å². The van der Waals surface area contributed by atoms with Gasteiger partial charge in [-0.1, -0.05) is 0 Å². The highest BCUT2D eigenvalue weighted by molar-refractivity contribution is 7.15. The first-order chi connectivity index (χ1) is 13.2. The molecule has 0 spiro atoms. The molecule has 2 aliphatic rings. The number of hydrogen-bond acceptors (Lipinski definition) is 5. The van der Waals surface area contributed by atoms with Crippen molar-refractivity contribution in [2.45, 2.75) is 44.6 Å². The normalized spacial score (nSPS) is 18.1. The van der Waals surface area contributed by atoms with Gasteiger partial charge in [0.05, 0.1) is 12.2 Å². The van der Waals surface area contributed by atoms with Crippen LogP contribution in [0, 0.1) is 5.82 Å². The van der Waals surface area contributed by atoms with Crippen LogP contribution in [0.5, 0.6) is 5.75 Å². The van der Waals surface area contributed by atoms with E-state index < -0.39 is 0 Å². The zero-order valence-corrected chi connectivity index (χ0v) is 16.1. The molecule has 1 aliphatic heterocycles. The average Bonchev–Trinajstić information content (AvgIpc) is 3.07. The van der Waals surface area contributed by atoms with Gasteiger partial charge in [0.1, 0.15) is 17.7 Å². The first-order valence-electron chi connectivity index (χ1n) is 9.59. The van der Waals surface area contributed by atoms with Crippen LogP contribution in [0.2, 0.25) is 0 Å². The van der Waals surface area contributed by atoms with Gasteiger partial charge in [0, 0.05) is 18.0 Å². The van der Waals surface area contributed by atoms with Gasteiger partial charge in [-0.3, -0.25) is 9.69 Å². The molecule has 1 aliphatic carbocycles. The van der Waals surface area contributed by atoms with Crippen molar-refractivity contribution >= 4 is 22.4 Å². The lowest BCUT2D eigenvalue weighted by Crippen LogP contribution is -2.42. The number of benzene rings is 1. The number of amides is 1. The van der Waals surface area contributed by atoms with Crippen molar-refractivity contribution < 1.29 is 13.9 Å². The summed E-state index contributed by atoms with van der Waals surface area (Å²) in [5.74, 6) is 0.434. The highest BCUT2D eigenvalue weighted by Gasteiger charge is 2.23. The molecule has 2 aromatic rings. The molecule has 27 heavy (non-hydrogen) atoms.